The Kier molecular flexibility index (Phi) is 5.05. The Bertz CT molecular complexity index is 207. The van der Waals surface area contributed by atoms with Gasteiger partial charge < -0.3 is 10.0 Å². The molecule has 1 saturated heterocycles. The summed E-state index contributed by atoms with van der Waals surface area (Å²) in [5, 5.41) is 9.20. The summed E-state index contributed by atoms with van der Waals surface area (Å²) in [7, 11) is 0. The van der Waals surface area contributed by atoms with Crippen molar-refractivity contribution in [3.05, 3.63) is 0 Å². The molecule has 0 aromatic heterocycles. The molecule has 1 fully saturated rings. The van der Waals surface area contributed by atoms with Gasteiger partial charge in [0.2, 0.25) is 5.91 Å². The van der Waals surface area contributed by atoms with Crippen molar-refractivity contribution in [2.24, 2.45) is 0 Å². The van der Waals surface area contributed by atoms with E-state index in [0.717, 1.165) is 39.0 Å². The molecule has 1 heterocycles. The summed E-state index contributed by atoms with van der Waals surface area (Å²) >= 11 is 0. The van der Waals surface area contributed by atoms with Crippen molar-refractivity contribution in [2.75, 3.05) is 32.7 Å². The van der Waals surface area contributed by atoms with Crippen molar-refractivity contribution >= 4 is 5.91 Å². The Labute approximate surface area is 91.9 Å². The highest BCUT2D eigenvalue weighted by Gasteiger charge is 2.20. The van der Waals surface area contributed by atoms with Gasteiger partial charge >= 0.3 is 0 Å². The minimum Gasteiger partial charge on any atom is -0.393 e. The van der Waals surface area contributed by atoms with Crippen LogP contribution in [0.25, 0.3) is 0 Å². The molecule has 0 aromatic carbocycles. The molecule has 4 heteroatoms. The SMILES string of the molecule is CCN1CCCN(CCC(C)O)CC1=O. The Balaban J connectivity index is 2.38. The second-order valence-electron chi connectivity index (χ2n) is 4.24. The highest BCUT2D eigenvalue weighted by Crippen LogP contribution is 2.05. The van der Waals surface area contributed by atoms with Crippen LogP contribution < -0.4 is 0 Å². The van der Waals surface area contributed by atoms with Crippen molar-refractivity contribution < 1.29 is 9.90 Å². The third kappa shape index (κ3) is 4.18. The van der Waals surface area contributed by atoms with Gasteiger partial charge in [-0.3, -0.25) is 9.69 Å². The number of likely N-dealkylation sites (N-methyl/N-ethyl adjacent to an activating group) is 1. The molecule has 1 unspecified atom stereocenters. The average Bonchev–Trinajstić information content (AvgIpc) is 2.36. The maximum Gasteiger partial charge on any atom is 0.236 e. The first-order chi connectivity index (χ1) is 7.13. The number of hydrogen-bond acceptors (Lipinski definition) is 3. The molecule has 0 radical (unpaired) electrons. The van der Waals surface area contributed by atoms with Gasteiger partial charge in [-0.1, -0.05) is 0 Å². The Morgan fingerprint density at radius 2 is 2.20 bits per heavy atom. The molecule has 0 aromatic rings. The number of amides is 1. The van der Waals surface area contributed by atoms with Gasteiger partial charge in [0.05, 0.1) is 12.6 Å². The summed E-state index contributed by atoms with van der Waals surface area (Å²) in [5.41, 5.74) is 0. The minimum absolute atomic E-state index is 0.223. The quantitative estimate of drug-likeness (QED) is 0.732. The van der Waals surface area contributed by atoms with Crippen LogP contribution in [0.4, 0.5) is 0 Å². The fraction of sp³-hybridized carbons (Fsp3) is 0.909. The maximum absolute atomic E-state index is 11.7. The predicted octanol–water partition coefficient (Wildman–Crippen LogP) is 0.312. The summed E-state index contributed by atoms with van der Waals surface area (Å²) in [5.74, 6) is 0.223. The predicted molar refractivity (Wildman–Crippen MR) is 59.6 cm³/mol. The first-order valence-electron chi connectivity index (χ1n) is 5.81. The van der Waals surface area contributed by atoms with Gasteiger partial charge in [-0.2, -0.15) is 0 Å². The fourth-order valence-corrected chi connectivity index (χ4v) is 1.87. The summed E-state index contributed by atoms with van der Waals surface area (Å²) < 4.78 is 0. The van der Waals surface area contributed by atoms with Crippen molar-refractivity contribution in [3.63, 3.8) is 0 Å². The van der Waals surface area contributed by atoms with E-state index in [2.05, 4.69) is 4.90 Å². The number of aliphatic hydroxyl groups is 1. The van der Waals surface area contributed by atoms with Crippen LogP contribution in [0, 0.1) is 0 Å². The lowest BCUT2D eigenvalue weighted by atomic mass is 10.2. The maximum atomic E-state index is 11.7. The zero-order valence-electron chi connectivity index (χ0n) is 9.78. The van der Waals surface area contributed by atoms with Gasteiger partial charge in [0.15, 0.2) is 0 Å². The molecule has 15 heavy (non-hydrogen) atoms. The van der Waals surface area contributed by atoms with E-state index >= 15 is 0 Å². The molecule has 0 aliphatic carbocycles. The molecular formula is C11H22N2O2. The molecular weight excluding hydrogens is 192 g/mol. The number of rotatable bonds is 4. The molecule has 0 spiro atoms. The van der Waals surface area contributed by atoms with Crippen molar-refractivity contribution in [3.8, 4) is 0 Å². The molecule has 1 N–H and O–H groups in total. The van der Waals surface area contributed by atoms with E-state index in [1.54, 1.807) is 6.92 Å². The molecule has 1 amide bonds. The number of carbonyl (C=O) groups is 1. The van der Waals surface area contributed by atoms with Crippen LogP contribution in [-0.4, -0.2) is 59.6 Å². The third-order valence-electron chi connectivity index (χ3n) is 2.86. The van der Waals surface area contributed by atoms with Crippen molar-refractivity contribution in [1.29, 1.82) is 0 Å². The third-order valence-corrected chi connectivity index (χ3v) is 2.86. The van der Waals surface area contributed by atoms with Crippen LogP contribution in [0.5, 0.6) is 0 Å². The smallest absolute Gasteiger partial charge is 0.236 e. The topological polar surface area (TPSA) is 43.8 Å². The van der Waals surface area contributed by atoms with E-state index < -0.39 is 0 Å². The number of carbonyl (C=O) groups excluding carboxylic acids is 1. The van der Waals surface area contributed by atoms with E-state index in [0.29, 0.717) is 6.54 Å². The van der Waals surface area contributed by atoms with E-state index in [4.69, 9.17) is 0 Å². The van der Waals surface area contributed by atoms with Gasteiger partial charge in [-0.05, 0) is 26.7 Å². The van der Waals surface area contributed by atoms with Crippen molar-refractivity contribution in [1.82, 2.24) is 9.80 Å². The number of aliphatic hydroxyl groups excluding tert-OH is 1. The monoisotopic (exact) mass is 214 g/mol. The van der Waals surface area contributed by atoms with Gasteiger partial charge in [-0.15, -0.1) is 0 Å². The fourth-order valence-electron chi connectivity index (χ4n) is 1.87. The zero-order valence-corrected chi connectivity index (χ0v) is 9.78. The van der Waals surface area contributed by atoms with Crippen LogP contribution in [0.1, 0.15) is 26.7 Å². The first-order valence-corrected chi connectivity index (χ1v) is 5.81. The average molecular weight is 214 g/mol. The van der Waals surface area contributed by atoms with Crippen LogP contribution in [0.2, 0.25) is 0 Å². The molecule has 1 rings (SSSR count). The van der Waals surface area contributed by atoms with E-state index in [-0.39, 0.29) is 12.0 Å². The van der Waals surface area contributed by atoms with E-state index in [9.17, 15) is 9.90 Å². The summed E-state index contributed by atoms with van der Waals surface area (Å²) in [4.78, 5) is 15.8. The largest absolute Gasteiger partial charge is 0.393 e. The van der Waals surface area contributed by atoms with Gasteiger partial charge in [0, 0.05) is 26.2 Å². The Morgan fingerprint density at radius 1 is 1.47 bits per heavy atom. The van der Waals surface area contributed by atoms with Crippen LogP contribution in [-0.2, 0) is 4.79 Å². The van der Waals surface area contributed by atoms with Gasteiger partial charge in [0.1, 0.15) is 0 Å². The lowest BCUT2D eigenvalue weighted by molar-refractivity contribution is -0.131. The van der Waals surface area contributed by atoms with Crippen LogP contribution >= 0.6 is 0 Å². The minimum atomic E-state index is -0.273. The van der Waals surface area contributed by atoms with Crippen LogP contribution in [0.3, 0.4) is 0 Å². The summed E-state index contributed by atoms with van der Waals surface area (Å²) in [6.07, 6.45) is 1.52. The molecule has 1 aliphatic heterocycles. The first kappa shape index (κ1) is 12.5. The molecule has 1 atom stereocenters. The number of nitrogens with zero attached hydrogens (tertiary/aromatic N) is 2. The zero-order chi connectivity index (χ0) is 11.3. The van der Waals surface area contributed by atoms with Gasteiger partial charge in [0.25, 0.3) is 0 Å². The van der Waals surface area contributed by atoms with Gasteiger partial charge in [-0.25, -0.2) is 0 Å². The molecule has 1 aliphatic rings. The lowest BCUT2D eigenvalue weighted by Crippen LogP contribution is -2.37. The van der Waals surface area contributed by atoms with Crippen molar-refractivity contribution in [2.45, 2.75) is 32.8 Å². The second-order valence-corrected chi connectivity index (χ2v) is 4.24. The lowest BCUT2D eigenvalue weighted by Gasteiger charge is -2.20. The van der Waals surface area contributed by atoms with E-state index in [1.807, 2.05) is 11.8 Å². The normalized spacial score (nSPS) is 21.5. The summed E-state index contributed by atoms with van der Waals surface area (Å²) in [6, 6.07) is 0. The Hall–Kier alpha value is -0.610. The summed E-state index contributed by atoms with van der Waals surface area (Å²) in [6.45, 7) is 7.79. The molecule has 88 valence electrons. The standard InChI is InChI=1S/C11H22N2O2/c1-3-13-7-4-6-12(9-11(13)15)8-5-10(2)14/h10,14H,3-9H2,1-2H3. The number of hydrogen-bond donors (Lipinski definition) is 1. The van der Waals surface area contributed by atoms with E-state index in [1.165, 1.54) is 0 Å². The molecule has 0 bridgehead atoms. The molecule has 4 nitrogen and oxygen atoms in total. The second kappa shape index (κ2) is 6.08. The Morgan fingerprint density at radius 3 is 2.80 bits per heavy atom. The molecule has 0 saturated carbocycles. The highest BCUT2D eigenvalue weighted by molar-refractivity contribution is 5.78. The highest BCUT2D eigenvalue weighted by atomic mass is 16.3. The van der Waals surface area contributed by atoms with Crippen LogP contribution in [0.15, 0.2) is 0 Å².